The highest BCUT2D eigenvalue weighted by atomic mass is 32.1. The molecule has 8 heteroatoms. The Labute approximate surface area is 165 Å². The van der Waals surface area contributed by atoms with Crippen LogP contribution in [-0.2, 0) is 0 Å². The van der Waals surface area contributed by atoms with Crippen molar-refractivity contribution in [3.63, 3.8) is 0 Å². The fraction of sp³-hybridized carbons (Fsp3) is 0.211. The molecule has 27 heavy (non-hydrogen) atoms. The van der Waals surface area contributed by atoms with Crippen molar-refractivity contribution in [2.45, 2.75) is 0 Å². The van der Waals surface area contributed by atoms with Gasteiger partial charge in [-0.05, 0) is 24.3 Å². The number of nitrogens with zero attached hydrogens (tertiary/aromatic N) is 3. The first-order chi connectivity index (χ1) is 13.2. The molecule has 1 amide bonds. The van der Waals surface area contributed by atoms with E-state index in [1.165, 1.54) is 22.7 Å². The molecular formula is C19H17N5OS2. The van der Waals surface area contributed by atoms with E-state index in [4.69, 9.17) is 5.26 Å². The van der Waals surface area contributed by atoms with Crippen molar-refractivity contribution < 1.29 is 4.79 Å². The minimum Gasteiger partial charge on any atom is -0.367 e. The van der Waals surface area contributed by atoms with Gasteiger partial charge in [0.15, 0.2) is 0 Å². The lowest BCUT2D eigenvalue weighted by Crippen LogP contribution is -2.43. The standard InChI is InChI=1S/C19H17N5OS2/c20-11-13-5-6-17(27-13)19-23-15(12-26-19)18(25)22-14-3-1-2-4-16(14)24-9-7-21-8-10-24/h1-6,12,21H,7-10H2,(H,22,25). The van der Waals surface area contributed by atoms with E-state index in [-0.39, 0.29) is 5.91 Å². The summed E-state index contributed by atoms with van der Waals surface area (Å²) < 4.78 is 0. The molecule has 3 aromatic rings. The topological polar surface area (TPSA) is 81.0 Å². The molecule has 0 radical (unpaired) electrons. The van der Waals surface area contributed by atoms with Crippen molar-refractivity contribution >= 4 is 40.0 Å². The summed E-state index contributed by atoms with van der Waals surface area (Å²) in [7, 11) is 0. The Morgan fingerprint density at radius 3 is 2.81 bits per heavy atom. The summed E-state index contributed by atoms with van der Waals surface area (Å²) in [5.41, 5.74) is 2.21. The lowest BCUT2D eigenvalue weighted by Gasteiger charge is -2.31. The van der Waals surface area contributed by atoms with E-state index in [1.54, 1.807) is 11.4 Å². The predicted molar refractivity (Wildman–Crippen MR) is 110 cm³/mol. The number of benzene rings is 1. The van der Waals surface area contributed by atoms with Gasteiger partial charge in [-0.25, -0.2) is 4.98 Å². The summed E-state index contributed by atoms with van der Waals surface area (Å²) >= 11 is 2.79. The van der Waals surface area contributed by atoms with Gasteiger partial charge in [-0.3, -0.25) is 4.79 Å². The number of carbonyl (C=O) groups is 1. The Morgan fingerprint density at radius 2 is 2.04 bits per heavy atom. The van der Waals surface area contributed by atoms with Crippen molar-refractivity contribution in [1.29, 1.82) is 5.26 Å². The first-order valence-corrected chi connectivity index (χ1v) is 10.3. The van der Waals surface area contributed by atoms with Crippen LogP contribution in [0.1, 0.15) is 15.4 Å². The third kappa shape index (κ3) is 3.85. The normalized spacial score (nSPS) is 14.0. The number of nitrogens with one attached hydrogen (secondary N) is 2. The number of para-hydroxylation sites is 2. The van der Waals surface area contributed by atoms with E-state index >= 15 is 0 Å². The molecule has 6 nitrogen and oxygen atoms in total. The van der Waals surface area contributed by atoms with E-state index in [0.29, 0.717) is 10.6 Å². The molecule has 0 bridgehead atoms. The number of amides is 1. The van der Waals surface area contributed by atoms with Gasteiger partial charge in [0.05, 0.1) is 16.3 Å². The Balaban J connectivity index is 1.52. The number of piperazine rings is 1. The van der Waals surface area contributed by atoms with Crippen LogP contribution in [-0.4, -0.2) is 37.1 Å². The molecule has 0 aliphatic carbocycles. The van der Waals surface area contributed by atoms with Crippen molar-refractivity contribution in [2.24, 2.45) is 0 Å². The Bertz CT molecular complexity index is 997. The minimum absolute atomic E-state index is 0.225. The fourth-order valence-electron chi connectivity index (χ4n) is 2.95. The van der Waals surface area contributed by atoms with Gasteiger partial charge in [-0.1, -0.05) is 12.1 Å². The summed E-state index contributed by atoms with van der Waals surface area (Å²) in [4.78, 5) is 21.0. The summed E-state index contributed by atoms with van der Waals surface area (Å²) in [6, 6.07) is 13.6. The first kappa shape index (κ1) is 17.7. The van der Waals surface area contributed by atoms with Crippen LogP contribution in [0, 0.1) is 11.3 Å². The van der Waals surface area contributed by atoms with E-state index in [1.807, 2.05) is 30.3 Å². The second kappa shape index (κ2) is 7.88. The molecule has 1 saturated heterocycles. The molecule has 1 aromatic carbocycles. The zero-order valence-electron chi connectivity index (χ0n) is 14.4. The molecule has 4 rings (SSSR count). The zero-order chi connectivity index (χ0) is 18.6. The van der Waals surface area contributed by atoms with Gasteiger partial charge < -0.3 is 15.5 Å². The minimum atomic E-state index is -0.225. The average Bonchev–Trinajstić information content (AvgIpc) is 3.38. The maximum atomic E-state index is 12.7. The summed E-state index contributed by atoms with van der Waals surface area (Å²) in [5.74, 6) is -0.225. The molecule has 2 N–H and O–H groups in total. The van der Waals surface area contributed by atoms with Crippen LogP contribution in [0.15, 0.2) is 41.8 Å². The van der Waals surface area contributed by atoms with E-state index in [0.717, 1.165) is 47.4 Å². The maximum absolute atomic E-state index is 12.7. The smallest absolute Gasteiger partial charge is 0.275 e. The highest BCUT2D eigenvalue weighted by Crippen LogP contribution is 2.31. The monoisotopic (exact) mass is 395 g/mol. The van der Waals surface area contributed by atoms with Crippen LogP contribution in [0.5, 0.6) is 0 Å². The molecule has 3 heterocycles. The van der Waals surface area contributed by atoms with E-state index in [2.05, 4.69) is 26.6 Å². The Hall–Kier alpha value is -2.73. The van der Waals surface area contributed by atoms with Crippen molar-refractivity contribution in [3.05, 3.63) is 52.3 Å². The van der Waals surface area contributed by atoms with Crippen LogP contribution in [0.2, 0.25) is 0 Å². The van der Waals surface area contributed by atoms with E-state index in [9.17, 15) is 4.79 Å². The Kier molecular flexibility index (Phi) is 5.16. The van der Waals surface area contributed by atoms with Crippen molar-refractivity contribution in [1.82, 2.24) is 10.3 Å². The average molecular weight is 396 g/mol. The lowest BCUT2D eigenvalue weighted by atomic mass is 10.2. The van der Waals surface area contributed by atoms with Gasteiger partial charge in [-0.2, -0.15) is 5.26 Å². The number of carbonyl (C=O) groups excluding carboxylic acids is 1. The molecule has 136 valence electrons. The van der Waals surface area contributed by atoms with Gasteiger partial charge in [0.25, 0.3) is 5.91 Å². The first-order valence-electron chi connectivity index (χ1n) is 8.56. The van der Waals surface area contributed by atoms with Gasteiger partial charge >= 0.3 is 0 Å². The molecular weight excluding hydrogens is 378 g/mol. The van der Waals surface area contributed by atoms with Crippen LogP contribution in [0.3, 0.4) is 0 Å². The summed E-state index contributed by atoms with van der Waals surface area (Å²) in [6.45, 7) is 3.69. The fourth-order valence-corrected chi connectivity index (χ4v) is 4.63. The third-order valence-corrected chi connectivity index (χ3v) is 6.28. The molecule has 2 aromatic heterocycles. The Morgan fingerprint density at radius 1 is 1.22 bits per heavy atom. The van der Waals surface area contributed by atoms with Crippen LogP contribution in [0.25, 0.3) is 9.88 Å². The quantitative estimate of drug-likeness (QED) is 0.708. The highest BCUT2D eigenvalue weighted by Gasteiger charge is 2.18. The second-order valence-corrected chi connectivity index (χ2v) is 7.96. The number of nitriles is 1. The van der Waals surface area contributed by atoms with Crippen molar-refractivity contribution in [2.75, 3.05) is 36.4 Å². The largest absolute Gasteiger partial charge is 0.367 e. The number of thiazole rings is 1. The molecule has 0 unspecified atom stereocenters. The molecule has 1 aliphatic heterocycles. The summed E-state index contributed by atoms with van der Waals surface area (Å²) in [6.07, 6.45) is 0. The predicted octanol–water partition coefficient (Wildman–Crippen LogP) is 3.41. The van der Waals surface area contributed by atoms with Gasteiger partial charge in [0.1, 0.15) is 21.6 Å². The number of rotatable bonds is 4. The molecule has 0 saturated carbocycles. The zero-order valence-corrected chi connectivity index (χ0v) is 16.1. The SMILES string of the molecule is N#Cc1ccc(-c2nc(C(=O)Nc3ccccc3N3CCNCC3)cs2)s1. The second-order valence-electron chi connectivity index (χ2n) is 6.02. The number of thiophene rings is 1. The highest BCUT2D eigenvalue weighted by molar-refractivity contribution is 7.21. The molecule has 1 aliphatic rings. The number of anilines is 2. The number of hydrogen-bond donors (Lipinski definition) is 2. The van der Waals surface area contributed by atoms with E-state index < -0.39 is 0 Å². The third-order valence-electron chi connectivity index (χ3n) is 4.27. The summed E-state index contributed by atoms with van der Waals surface area (Å²) in [5, 5.41) is 17.8. The van der Waals surface area contributed by atoms with Crippen molar-refractivity contribution in [3.8, 4) is 16.0 Å². The number of hydrogen-bond acceptors (Lipinski definition) is 7. The van der Waals surface area contributed by atoms with Gasteiger partial charge in [0.2, 0.25) is 0 Å². The lowest BCUT2D eigenvalue weighted by molar-refractivity contribution is 0.102. The maximum Gasteiger partial charge on any atom is 0.275 e. The number of aromatic nitrogens is 1. The van der Waals surface area contributed by atoms with Crippen LogP contribution >= 0.6 is 22.7 Å². The van der Waals surface area contributed by atoms with Crippen LogP contribution < -0.4 is 15.5 Å². The van der Waals surface area contributed by atoms with Crippen LogP contribution in [0.4, 0.5) is 11.4 Å². The molecule has 1 fully saturated rings. The molecule has 0 spiro atoms. The molecule has 0 atom stereocenters. The van der Waals surface area contributed by atoms with Gasteiger partial charge in [-0.15, -0.1) is 22.7 Å². The van der Waals surface area contributed by atoms with Gasteiger partial charge in [0, 0.05) is 31.6 Å².